The van der Waals surface area contributed by atoms with Crippen molar-refractivity contribution in [1.29, 1.82) is 0 Å². The van der Waals surface area contributed by atoms with E-state index in [1.165, 1.54) is 4.90 Å². The number of sulfone groups is 1. The van der Waals surface area contributed by atoms with Gasteiger partial charge in [-0.25, -0.2) is 8.42 Å². The van der Waals surface area contributed by atoms with Gasteiger partial charge >= 0.3 is 6.18 Å². The van der Waals surface area contributed by atoms with Crippen LogP contribution in [0, 0.1) is 0 Å². The average molecular weight is 300 g/mol. The molecule has 0 spiro atoms. The lowest BCUT2D eigenvalue weighted by Crippen LogP contribution is -2.59. The summed E-state index contributed by atoms with van der Waals surface area (Å²) in [6.45, 7) is 0.569. The van der Waals surface area contributed by atoms with Crippen molar-refractivity contribution in [2.24, 2.45) is 0 Å². The molecule has 2 heterocycles. The fourth-order valence-electron chi connectivity index (χ4n) is 2.78. The summed E-state index contributed by atoms with van der Waals surface area (Å²) in [5.74, 6) is 0.112. The van der Waals surface area contributed by atoms with E-state index in [1.54, 1.807) is 0 Å². The molecule has 0 aromatic carbocycles. The molecule has 2 aliphatic heterocycles. The van der Waals surface area contributed by atoms with Gasteiger partial charge in [0, 0.05) is 26.2 Å². The number of hydrogen-bond acceptors (Lipinski definition) is 4. The van der Waals surface area contributed by atoms with Crippen molar-refractivity contribution in [3.05, 3.63) is 0 Å². The minimum atomic E-state index is -4.31. The number of piperazine rings is 1. The summed E-state index contributed by atoms with van der Waals surface area (Å²) in [6.07, 6.45) is -2.42. The fourth-order valence-corrected chi connectivity index (χ4v) is 4.66. The van der Waals surface area contributed by atoms with Crippen LogP contribution in [0.4, 0.5) is 13.2 Å². The van der Waals surface area contributed by atoms with Gasteiger partial charge in [0.15, 0.2) is 9.84 Å². The Morgan fingerprint density at radius 3 is 2.63 bits per heavy atom. The van der Waals surface area contributed by atoms with E-state index in [0.29, 0.717) is 19.4 Å². The van der Waals surface area contributed by atoms with Crippen LogP contribution in [-0.2, 0) is 9.84 Å². The molecule has 4 nitrogen and oxygen atoms in total. The van der Waals surface area contributed by atoms with Crippen molar-refractivity contribution in [2.45, 2.75) is 36.7 Å². The Morgan fingerprint density at radius 1 is 1.26 bits per heavy atom. The molecule has 0 radical (unpaired) electrons. The molecule has 112 valence electrons. The van der Waals surface area contributed by atoms with Crippen LogP contribution >= 0.6 is 0 Å². The van der Waals surface area contributed by atoms with Crippen LogP contribution in [0.25, 0.3) is 0 Å². The molecule has 0 aromatic heterocycles. The maximum Gasteiger partial charge on any atom is 0.405 e. The maximum absolute atomic E-state index is 12.9. The van der Waals surface area contributed by atoms with E-state index >= 15 is 0 Å². The predicted octanol–water partition coefficient (Wildman–Crippen LogP) is 0.790. The minimum absolute atomic E-state index is 0.00812. The number of nitrogens with one attached hydrogen (secondary N) is 1. The summed E-state index contributed by atoms with van der Waals surface area (Å²) in [4.78, 5) is 1.28. The SMILES string of the molecule is O=S1(=O)CCCCC1CN1CCNCC1C(F)(F)F. The van der Waals surface area contributed by atoms with E-state index in [4.69, 9.17) is 0 Å². The molecule has 2 fully saturated rings. The van der Waals surface area contributed by atoms with Gasteiger partial charge in [0.1, 0.15) is 6.04 Å². The van der Waals surface area contributed by atoms with Crippen LogP contribution in [0.15, 0.2) is 0 Å². The first kappa shape index (κ1) is 15.1. The van der Waals surface area contributed by atoms with Crippen molar-refractivity contribution >= 4 is 9.84 Å². The normalized spacial score (nSPS) is 33.2. The molecule has 8 heteroatoms. The molecule has 0 aromatic rings. The number of rotatable bonds is 2. The van der Waals surface area contributed by atoms with Gasteiger partial charge in [-0.1, -0.05) is 6.42 Å². The third-order valence-corrected chi connectivity index (χ3v) is 6.14. The molecule has 2 atom stereocenters. The van der Waals surface area contributed by atoms with Gasteiger partial charge in [0.25, 0.3) is 0 Å². The van der Waals surface area contributed by atoms with Crippen LogP contribution in [0.5, 0.6) is 0 Å². The van der Waals surface area contributed by atoms with Crippen LogP contribution in [-0.4, -0.2) is 62.7 Å². The maximum atomic E-state index is 12.9. The van der Waals surface area contributed by atoms with E-state index in [9.17, 15) is 21.6 Å². The fraction of sp³-hybridized carbons (Fsp3) is 1.00. The van der Waals surface area contributed by atoms with Crippen molar-refractivity contribution in [3.8, 4) is 0 Å². The summed E-state index contributed by atoms with van der Waals surface area (Å²) >= 11 is 0. The van der Waals surface area contributed by atoms with Crippen molar-refractivity contribution < 1.29 is 21.6 Å². The Bertz CT molecular complexity index is 411. The Hall–Kier alpha value is -0.340. The largest absolute Gasteiger partial charge is 0.405 e. The van der Waals surface area contributed by atoms with Crippen molar-refractivity contribution in [2.75, 3.05) is 31.9 Å². The number of halogens is 3. The predicted molar refractivity (Wildman–Crippen MR) is 65.7 cm³/mol. The second-order valence-electron chi connectivity index (χ2n) is 5.24. The Kier molecular flexibility index (Phi) is 4.42. The molecule has 0 amide bonds. The molecule has 19 heavy (non-hydrogen) atoms. The zero-order chi connectivity index (χ0) is 14.1. The summed E-state index contributed by atoms with van der Waals surface area (Å²) in [5.41, 5.74) is 0. The molecule has 0 saturated carbocycles. The molecule has 2 saturated heterocycles. The highest BCUT2D eigenvalue weighted by Crippen LogP contribution is 2.28. The van der Waals surface area contributed by atoms with Crippen LogP contribution in [0.1, 0.15) is 19.3 Å². The highest BCUT2D eigenvalue weighted by atomic mass is 32.2. The lowest BCUT2D eigenvalue weighted by atomic mass is 10.1. The summed E-state index contributed by atoms with van der Waals surface area (Å²) in [7, 11) is -3.22. The molecule has 0 bridgehead atoms. The summed E-state index contributed by atoms with van der Waals surface area (Å²) < 4.78 is 62.5. The number of nitrogens with zero attached hydrogens (tertiary/aromatic N) is 1. The molecule has 2 rings (SSSR count). The van der Waals surface area contributed by atoms with E-state index in [-0.39, 0.29) is 25.4 Å². The van der Waals surface area contributed by atoms with E-state index in [1.807, 2.05) is 0 Å². The van der Waals surface area contributed by atoms with E-state index < -0.39 is 27.3 Å². The van der Waals surface area contributed by atoms with Crippen LogP contribution in [0.3, 0.4) is 0 Å². The summed E-state index contributed by atoms with van der Waals surface area (Å²) in [5, 5.41) is 2.08. The zero-order valence-corrected chi connectivity index (χ0v) is 11.4. The van der Waals surface area contributed by atoms with Crippen LogP contribution < -0.4 is 5.32 Å². The quantitative estimate of drug-likeness (QED) is 0.819. The Balaban J connectivity index is 2.07. The van der Waals surface area contributed by atoms with Gasteiger partial charge in [-0.15, -0.1) is 0 Å². The average Bonchev–Trinajstić information content (AvgIpc) is 2.31. The Morgan fingerprint density at radius 2 is 2.00 bits per heavy atom. The highest BCUT2D eigenvalue weighted by molar-refractivity contribution is 7.92. The smallest absolute Gasteiger partial charge is 0.314 e. The molecule has 2 aliphatic rings. The van der Waals surface area contributed by atoms with E-state index in [0.717, 1.165) is 6.42 Å². The van der Waals surface area contributed by atoms with Gasteiger partial charge in [-0.2, -0.15) is 13.2 Å². The first-order valence-electron chi connectivity index (χ1n) is 6.54. The third kappa shape index (κ3) is 3.61. The Labute approximate surface area is 111 Å². The van der Waals surface area contributed by atoms with Gasteiger partial charge in [-0.05, 0) is 12.8 Å². The zero-order valence-electron chi connectivity index (χ0n) is 10.6. The first-order valence-corrected chi connectivity index (χ1v) is 8.25. The van der Waals surface area contributed by atoms with E-state index in [2.05, 4.69) is 5.32 Å². The number of alkyl halides is 3. The second-order valence-corrected chi connectivity index (χ2v) is 7.64. The van der Waals surface area contributed by atoms with Gasteiger partial charge < -0.3 is 5.32 Å². The lowest BCUT2D eigenvalue weighted by molar-refractivity contribution is -0.187. The number of hydrogen-bond donors (Lipinski definition) is 1. The monoisotopic (exact) mass is 300 g/mol. The molecular weight excluding hydrogens is 281 g/mol. The van der Waals surface area contributed by atoms with Crippen molar-refractivity contribution in [1.82, 2.24) is 10.2 Å². The van der Waals surface area contributed by atoms with Gasteiger partial charge in [0.05, 0.1) is 11.0 Å². The molecular formula is C11H19F3N2O2S. The second kappa shape index (κ2) is 5.57. The summed E-state index contributed by atoms with van der Waals surface area (Å²) in [6, 6.07) is -1.57. The topological polar surface area (TPSA) is 49.4 Å². The molecule has 2 unspecified atom stereocenters. The van der Waals surface area contributed by atoms with Crippen LogP contribution in [0.2, 0.25) is 0 Å². The standard InChI is InChI=1S/C11H19F3N2O2S/c12-11(13,14)10-7-15-4-5-16(10)8-9-3-1-2-6-19(9,17)18/h9-10,15H,1-8H2. The van der Waals surface area contributed by atoms with Gasteiger partial charge in [0.2, 0.25) is 0 Å². The van der Waals surface area contributed by atoms with Gasteiger partial charge in [-0.3, -0.25) is 4.90 Å². The molecule has 1 N–H and O–H groups in total. The first-order chi connectivity index (χ1) is 8.81. The van der Waals surface area contributed by atoms with Crippen molar-refractivity contribution in [3.63, 3.8) is 0 Å². The molecule has 0 aliphatic carbocycles. The third-order valence-electron chi connectivity index (χ3n) is 3.88. The highest BCUT2D eigenvalue weighted by Gasteiger charge is 2.46. The lowest BCUT2D eigenvalue weighted by Gasteiger charge is -2.39. The minimum Gasteiger partial charge on any atom is -0.314 e.